The number of nitrogens with zero attached hydrogens (tertiary/aromatic N) is 1. The van der Waals surface area contributed by atoms with E-state index in [1.807, 2.05) is 6.92 Å². The summed E-state index contributed by atoms with van der Waals surface area (Å²) in [5, 5.41) is 0. The van der Waals surface area contributed by atoms with Crippen molar-refractivity contribution in [1.82, 2.24) is 4.90 Å². The summed E-state index contributed by atoms with van der Waals surface area (Å²) >= 11 is 0. The molecule has 0 aliphatic carbocycles. The van der Waals surface area contributed by atoms with Gasteiger partial charge < -0.3 is 16.4 Å². The quantitative estimate of drug-likeness (QED) is 0.572. The van der Waals surface area contributed by atoms with Gasteiger partial charge in [0.1, 0.15) is 0 Å². The molecule has 0 aliphatic rings. The fourth-order valence-corrected chi connectivity index (χ4v) is 0.711. The molecule has 0 heterocycles. The first-order valence-corrected chi connectivity index (χ1v) is 5.43. The largest absolute Gasteiger partial charge is 0.402 e. The predicted octanol–water partition coefficient (Wildman–Crippen LogP) is 2.23. The fourth-order valence-electron chi connectivity index (χ4n) is 0.711. The maximum Gasteiger partial charge on any atom is 0.0287 e. The van der Waals surface area contributed by atoms with E-state index >= 15 is 0 Å². The highest BCUT2D eigenvalue weighted by molar-refractivity contribution is 5.16. The van der Waals surface area contributed by atoms with Crippen LogP contribution < -0.4 is 11.5 Å². The molecule has 0 aromatic rings. The zero-order valence-electron chi connectivity index (χ0n) is 11.5. The van der Waals surface area contributed by atoms with Crippen molar-refractivity contribution in [2.45, 2.75) is 27.7 Å². The number of allylic oxidation sites excluding steroid dienone is 4. The molecule has 3 nitrogen and oxygen atoms in total. The predicted molar refractivity (Wildman–Crippen MR) is 73.9 cm³/mol. The lowest BCUT2D eigenvalue weighted by Crippen LogP contribution is -2.10. The molecular weight excluding hydrogens is 198 g/mol. The van der Waals surface area contributed by atoms with Crippen molar-refractivity contribution in [1.29, 1.82) is 0 Å². The minimum atomic E-state index is 0.713. The number of hydrogen-bond acceptors (Lipinski definition) is 3. The molecule has 16 heavy (non-hydrogen) atoms. The Morgan fingerprint density at radius 3 is 1.75 bits per heavy atom. The number of nitrogens with two attached hydrogens (primary N) is 2. The van der Waals surface area contributed by atoms with Gasteiger partial charge in [-0.15, -0.1) is 0 Å². The number of rotatable bonds is 3. The average Bonchev–Trinajstić information content (AvgIpc) is 2.14. The Bertz CT molecular complexity index is 252. The van der Waals surface area contributed by atoms with E-state index in [2.05, 4.69) is 38.9 Å². The van der Waals surface area contributed by atoms with Gasteiger partial charge in [0.05, 0.1) is 0 Å². The van der Waals surface area contributed by atoms with E-state index in [9.17, 15) is 0 Å². The van der Waals surface area contributed by atoms with Gasteiger partial charge in [0.25, 0.3) is 0 Å². The van der Waals surface area contributed by atoms with Crippen LogP contribution in [0.15, 0.2) is 35.2 Å². The highest BCUT2D eigenvalue weighted by Crippen LogP contribution is 1.88. The third-order valence-corrected chi connectivity index (χ3v) is 1.59. The highest BCUT2D eigenvalue weighted by Gasteiger charge is 1.81. The molecule has 0 saturated heterocycles. The lowest BCUT2D eigenvalue weighted by atomic mass is 10.3. The fraction of sp³-hybridized carbons (Fsp3) is 0.538. The van der Waals surface area contributed by atoms with Gasteiger partial charge in [0, 0.05) is 17.9 Å². The molecule has 0 fully saturated rings. The highest BCUT2D eigenvalue weighted by atomic mass is 15.0. The van der Waals surface area contributed by atoms with Gasteiger partial charge >= 0.3 is 0 Å². The first-order valence-electron chi connectivity index (χ1n) is 5.43. The molecule has 0 atom stereocenters. The summed E-state index contributed by atoms with van der Waals surface area (Å²) in [6, 6.07) is 0. The molecule has 0 radical (unpaired) electrons. The molecule has 94 valence electrons. The first kappa shape index (κ1) is 17.2. The van der Waals surface area contributed by atoms with E-state index in [1.54, 1.807) is 19.1 Å². The van der Waals surface area contributed by atoms with E-state index in [4.69, 9.17) is 11.5 Å². The lowest BCUT2D eigenvalue weighted by molar-refractivity contribution is 0.455. The topological polar surface area (TPSA) is 55.3 Å². The Kier molecular flexibility index (Phi) is 11.1. The molecular formula is C13H27N3. The van der Waals surface area contributed by atoms with E-state index in [0.29, 0.717) is 5.70 Å². The van der Waals surface area contributed by atoms with Crippen LogP contribution in [0.1, 0.15) is 27.7 Å². The minimum absolute atomic E-state index is 0.713. The van der Waals surface area contributed by atoms with Gasteiger partial charge in [-0.3, -0.25) is 0 Å². The molecule has 0 aliphatic heterocycles. The Morgan fingerprint density at radius 2 is 1.62 bits per heavy atom. The van der Waals surface area contributed by atoms with Gasteiger partial charge in [-0.2, -0.15) is 0 Å². The Balaban J connectivity index is 0. The van der Waals surface area contributed by atoms with Crippen LogP contribution in [0, 0.1) is 0 Å². The first-order chi connectivity index (χ1) is 7.29. The van der Waals surface area contributed by atoms with Gasteiger partial charge in [0.2, 0.25) is 0 Å². The van der Waals surface area contributed by atoms with Crippen LogP contribution in [-0.4, -0.2) is 25.5 Å². The SMILES string of the molecule is C/C=C(N)\C=C(/C)N.CC(C)=CCN(C)C. The number of likely N-dealkylation sites (N-methyl/N-ethyl adjacent to an activating group) is 1. The molecule has 3 heteroatoms. The lowest BCUT2D eigenvalue weighted by Gasteiger charge is -2.03. The Morgan fingerprint density at radius 1 is 1.12 bits per heavy atom. The van der Waals surface area contributed by atoms with Crippen LogP contribution >= 0.6 is 0 Å². The van der Waals surface area contributed by atoms with Gasteiger partial charge in [-0.1, -0.05) is 17.7 Å². The van der Waals surface area contributed by atoms with Crippen LogP contribution in [0.25, 0.3) is 0 Å². The van der Waals surface area contributed by atoms with Crippen molar-refractivity contribution < 1.29 is 0 Å². The monoisotopic (exact) mass is 225 g/mol. The molecule has 0 saturated carbocycles. The second-order valence-corrected chi connectivity index (χ2v) is 4.22. The van der Waals surface area contributed by atoms with Crippen molar-refractivity contribution in [3.8, 4) is 0 Å². The zero-order chi connectivity index (χ0) is 13.1. The molecule has 0 rings (SSSR count). The summed E-state index contributed by atoms with van der Waals surface area (Å²) in [5.41, 5.74) is 13.5. The van der Waals surface area contributed by atoms with Crippen LogP contribution in [0.5, 0.6) is 0 Å². The summed E-state index contributed by atoms with van der Waals surface area (Å²) in [6.07, 6.45) is 5.73. The van der Waals surface area contributed by atoms with E-state index in [1.165, 1.54) is 5.57 Å². The molecule has 0 aromatic carbocycles. The van der Waals surface area contributed by atoms with Crippen LogP contribution in [-0.2, 0) is 0 Å². The third-order valence-electron chi connectivity index (χ3n) is 1.59. The summed E-state index contributed by atoms with van der Waals surface area (Å²) in [6.45, 7) is 8.96. The van der Waals surface area contributed by atoms with Gasteiger partial charge in [-0.05, 0) is 47.9 Å². The summed E-state index contributed by atoms with van der Waals surface area (Å²) in [5.74, 6) is 0. The normalized spacial score (nSPS) is 11.9. The number of hydrogen-bond donors (Lipinski definition) is 2. The summed E-state index contributed by atoms with van der Waals surface area (Å²) in [4.78, 5) is 2.15. The maximum absolute atomic E-state index is 5.38. The molecule has 0 unspecified atom stereocenters. The Labute approximate surface area is 100 Å². The molecule has 0 spiro atoms. The van der Waals surface area contributed by atoms with Gasteiger partial charge in [-0.25, -0.2) is 0 Å². The van der Waals surface area contributed by atoms with E-state index < -0.39 is 0 Å². The third kappa shape index (κ3) is 18.5. The molecule has 0 bridgehead atoms. The van der Waals surface area contributed by atoms with Crippen molar-refractivity contribution in [2.75, 3.05) is 20.6 Å². The molecule has 4 N–H and O–H groups in total. The van der Waals surface area contributed by atoms with Crippen molar-refractivity contribution >= 4 is 0 Å². The van der Waals surface area contributed by atoms with Crippen molar-refractivity contribution in [3.63, 3.8) is 0 Å². The summed E-state index contributed by atoms with van der Waals surface area (Å²) < 4.78 is 0. The molecule has 0 amide bonds. The van der Waals surface area contributed by atoms with Crippen LogP contribution in [0.3, 0.4) is 0 Å². The summed E-state index contributed by atoms with van der Waals surface area (Å²) in [7, 11) is 4.14. The average molecular weight is 225 g/mol. The minimum Gasteiger partial charge on any atom is -0.402 e. The van der Waals surface area contributed by atoms with Crippen LogP contribution in [0.2, 0.25) is 0 Å². The maximum atomic E-state index is 5.38. The second-order valence-electron chi connectivity index (χ2n) is 4.22. The second kappa shape index (κ2) is 10.3. The van der Waals surface area contributed by atoms with Gasteiger partial charge in [0.15, 0.2) is 0 Å². The van der Waals surface area contributed by atoms with Crippen molar-refractivity contribution in [3.05, 3.63) is 35.2 Å². The zero-order valence-corrected chi connectivity index (χ0v) is 11.5. The van der Waals surface area contributed by atoms with E-state index in [-0.39, 0.29) is 0 Å². The van der Waals surface area contributed by atoms with Crippen LogP contribution in [0.4, 0.5) is 0 Å². The smallest absolute Gasteiger partial charge is 0.0287 e. The standard InChI is InChI=1S/C7H15N.C6H12N2/c1-7(2)5-6-8(3)4;1-3-6(8)4-5(2)7/h5H,6H2,1-4H3;3-4H,7-8H2,1-2H3/b;5-4+,6-3+. The Hall–Kier alpha value is -1.22. The van der Waals surface area contributed by atoms with E-state index in [0.717, 1.165) is 12.2 Å². The molecule has 0 aromatic heterocycles. The van der Waals surface area contributed by atoms with Crippen molar-refractivity contribution in [2.24, 2.45) is 11.5 Å².